The first-order valence-electron chi connectivity index (χ1n) is 9.96. The lowest BCUT2D eigenvalue weighted by atomic mass is 9.92. The van der Waals surface area contributed by atoms with Crippen LogP contribution in [0.15, 0.2) is 55.1 Å². The minimum Gasteiger partial charge on any atom is -0.497 e. The lowest BCUT2D eigenvalue weighted by Gasteiger charge is -2.38. The van der Waals surface area contributed by atoms with Gasteiger partial charge in [0.2, 0.25) is 0 Å². The Labute approximate surface area is 165 Å². The van der Waals surface area contributed by atoms with Gasteiger partial charge in [0.1, 0.15) is 11.9 Å². The molecule has 1 N–H and O–H groups in total. The molecule has 0 bridgehead atoms. The predicted octanol–water partition coefficient (Wildman–Crippen LogP) is 4.21. The van der Waals surface area contributed by atoms with E-state index in [0.29, 0.717) is 0 Å². The molecule has 3 aromatic rings. The summed E-state index contributed by atoms with van der Waals surface area (Å²) >= 11 is 0. The van der Waals surface area contributed by atoms with Crippen LogP contribution in [0.4, 0.5) is 0 Å². The second kappa shape index (κ2) is 7.32. The van der Waals surface area contributed by atoms with Crippen LogP contribution in [0, 0.1) is 0 Å². The monoisotopic (exact) mass is 375 g/mol. The lowest BCUT2D eigenvalue weighted by Crippen LogP contribution is -2.41. The van der Waals surface area contributed by atoms with Crippen LogP contribution in [0.5, 0.6) is 5.75 Å². The van der Waals surface area contributed by atoms with E-state index in [-0.39, 0.29) is 12.1 Å². The molecule has 2 atom stereocenters. The molecule has 0 saturated heterocycles. The van der Waals surface area contributed by atoms with Crippen LogP contribution in [-0.4, -0.2) is 41.2 Å². The molecule has 5 nitrogen and oxygen atoms in total. The van der Waals surface area contributed by atoms with Crippen LogP contribution in [-0.2, 0) is 11.2 Å². The summed E-state index contributed by atoms with van der Waals surface area (Å²) in [5.74, 6) is 0.900. The van der Waals surface area contributed by atoms with E-state index in [0.717, 1.165) is 38.1 Å². The van der Waals surface area contributed by atoms with Gasteiger partial charge in [-0.1, -0.05) is 6.07 Å². The first-order chi connectivity index (χ1) is 13.8. The van der Waals surface area contributed by atoms with Gasteiger partial charge in [0.15, 0.2) is 0 Å². The largest absolute Gasteiger partial charge is 0.497 e. The maximum absolute atomic E-state index is 5.88. The van der Waals surface area contributed by atoms with E-state index < -0.39 is 0 Å². The Morgan fingerprint density at radius 2 is 2.29 bits per heavy atom. The van der Waals surface area contributed by atoms with Crippen molar-refractivity contribution < 1.29 is 9.47 Å². The molecule has 1 aromatic carbocycles. The molecular formula is C23H25N3O2. The van der Waals surface area contributed by atoms with Gasteiger partial charge in [-0.3, -0.25) is 9.88 Å². The lowest BCUT2D eigenvalue weighted by molar-refractivity contribution is 0.0637. The first kappa shape index (κ1) is 17.3. The molecule has 144 valence electrons. The summed E-state index contributed by atoms with van der Waals surface area (Å²) in [4.78, 5) is 10.6. The smallest absolute Gasteiger partial charge is 0.119 e. The van der Waals surface area contributed by atoms with Crippen LogP contribution in [0.3, 0.4) is 0 Å². The maximum Gasteiger partial charge on any atom is 0.119 e. The number of fused-ring (bicyclic) bond motifs is 3. The summed E-state index contributed by atoms with van der Waals surface area (Å²) in [5.41, 5.74) is 5.05. The number of nitrogens with zero attached hydrogens (tertiary/aromatic N) is 2. The van der Waals surface area contributed by atoms with Crippen LogP contribution < -0.4 is 4.74 Å². The third-order valence-electron chi connectivity index (χ3n) is 5.89. The second-order valence-electron chi connectivity index (χ2n) is 7.57. The van der Waals surface area contributed by atoms with Crippen molar-refractivity contribution in [2.75, 3.05) is 20.2 Å². The number of methoxy groups -OCH3 is 1. The molecule has 0 radical (unpaired) electrons. The summed E-state index contributed by atoms with van der Waals surface area (Å²) in [7, 11) is 1.72. The molecule has 2 aliphatic rings. The van der Waals surface area contributed by atoms with E-state index in [1.54, 1.807) is 7.11 Å². The van der Waals surface area contributed by atoms with Crippen LogP contribution in [0.2, 0.25) is 0 Å². The van der Waals surface area contributed by atoms with Crippen molar-refractivity contribution in [1.29, 1.82) is 0 Å². The molecule has 5 heteroatoms. The van der Waals surface area contributed by atoms with Gasteiger partial charge in [-0.05, 0) is 60.7 Å². The zero-order chi connectivity index (χ0) is 18.9. The minimum atomic E-state index is 0.158. The zero-order valence-electron chi connectivity index (χ0n) is 16.1. The molecule has 0 amide bonds. The van der Waals surface area contributed by atoms with Gasteiger partial charge in [-0.15, -0.1) is 0 Å². The number of rotatable bonds is 4. The van der Waals surface area contributed by atoms with E-state index in [2.05, 4.69) is 39.1 Å². The predicted molar refractivity (Wildman–Crippen MR) is 109 cm³/mol. The molecule has 0 spiro atoms. The third-order valence-corrected chi connectivity index (χ3v) is 5.89. The molecule has 2 unspecified atom stereocenters. The molecule has 28 heavy (non-hydrogen) atoms. The van der Waals surface area contributed by atoms with Gasteiger partial charge < -0.3 is 14.5 Å². The Balaban J connectivity index is 1.57. The van der Waals surface area contributed by atoms with Crippen molar-refractivity contribution in [3.63, 3.8) is 0 Å². The van der Waals surface area contributed by atoms with Gasteiger partial charge >= 0.3 is 0 Å². The van der Waals surface area contributed by atoms with E-state index in [4.69, 9.17) is 9.47 Å². The number of hydrogen-bond donors (Lipinski definition) is 1. The summed E-state index contributed by atoms with van der Waals surface area (Å²) in [6, 6.07) is 10.6. The molecule has 0 saturated carbocycles. The Morgan fingerprint density at radius 3 is 3.07 bits per heavy atom. The molecule has 4 heterocycles. The Morgan fingerprint density at radius 1 is 1.32 bits per heavy atom. The third kappa shape index (κ3) is 3.06. The number of aromatic amines is 1. The average molecular weight is 375 g/mol. The highest BCUT2D eigenvalue weighted by Gasteiger charge is 2.33. The quantitative estimate of drug-likeness (QED) is 0.742. The molecule has 0 fully saturated rings. The van der Waals surface area contributed by atoms with Crippen molar-refractivity contribution in [2.24, 2.45) is 0 Å². The molecule has 2 aliphatic heterocycles. The molecule has 0 aliphatic carbocycles. The number of allylic oxidation sites excluding steroid dienone is 1. The van der Waals surface area contributed by atoms with Crippen molar-refractivity contribution >= 4 is 10.9 Å². The van der Waals surface area contributed by atoms with Crippen molar-refractivity contribution in [3.05, 3.63) is 71.9 Å². The van der Waals surface area contributed by atoms with Crippen molar-refractivity contribution in [2.45, 2.75) is 31.4 Å². The van der Waals surface area contributed by atoms with Crippen molar-refractivity contribution in [1.82, 2.24) is 14.9 Å². The van der Waals surface area contributed by atoms with Gasteiger partial charge in [-0.25, -0.2) is 0 Å². The van der Waals surface area contributed by atoms with Gasteiger partial charge in [0.05, 0.1) is 19.4 Å². The van der Waals surface area contributed by atoms with E-state index in [9.17, 15) is 0 Å². The summed E-state index contributed by atoms with van der Waals surface area (Å²) in [5, 5.41) is 1.26. The van der Waals surface area contributed by atoms with Crippen LogP contribution in [0.1, 0.15) is 35.7 Å². The van der Waals surface area contributed by atoms with E-state index in [1.807, 2.05) is 30.8 Å². The minimum absolute atomic E-state index is 0.158. The average Bonchev–Trinajstić information content (AvgIpc) is 3.12. The van der Waals surface area contributed by atoms with Crippen LogP contribution >= 0.6 is 0 Å². The van der Waals surface area contributed by atoms with Crippen LogP contribution in [0.25, 0.3) is 10.9 Å². The van der Waals surface area contributed by atoms with E-state index in [1.165, 1.54) is 27.7 Å². The summed E-state index contributed by atoms with van der Waals surface area (Å²) < 4.78 is 11.3. The zero-order valence-corrected chi connectivity index (χ0v) is 16.1. The number of H-pyrrole nitrogens is 1. The fourth-order valence-electron chi connectivity index (χ4n) is 4.54. The number of nitrogens with one attached hydrogen (secondary N) is 1. The number of benzene rings is 1. The topological polar surface area (TPSA) is 50.4 Å². The Hall–Kier alpha value is -2.79. The summed E-state index contributed by atoms with van der Waals surface area (Å²) in [6.07, 6.45) is 11.2. The molecule has 5 rings (SSSR count). The fourth-order valence-corrected chi connectivity index (χ4v) is 4.54. The SMILES string of the molecule is COc1ccc2[nH]c3c(c2c1)CCN(CC1CCC=CO1)C3c1cccnc1. The van der Waals surface area contributed by atoms with Gasteiger partial charge in [0, 0.05) is 42.1 Å². The molecular weight excluding hydrogens is 350 g/mol. The normalized spacial score (nSPS) is 22.0. The highest BCUT2D eigenvalue weighted by Crippen LogP contribution is 2.39. The Bertz CT molecular complexity index is 996. The fraction of sp³-hybridized carbons (Fsp3) is 0.348. The maximum atomic E-state index is 5.88. The van der Waals surface area contributed by atoms with Gasteiger partial charge in [0.25, 0.3) is 0 Å². The van der Waals surface area contributed by atoms with E-state index >= 15 is 0 Å². The Kier molecular flexibility index (Phi) is 4.53. The number of ether oxygens (including phenoxy) is 2. The first-order valence-corrected chi connectivity index (χ1v) is 9.96. The highest BCUT2D eigenvalue weighted by molar-refractivity contribution is 5.86. The van der Waals surface area contributed by atoms with Crippen molar-refractivity contribution in [3.8, 4) is 5.75 Å². The summed E-state index contributed by atoms with van der Waals surface area (Å²) in [6.45, 7) is 1.92. The van der Waals surface area contributed by atoms with Gasteiger partial charge in [-0.2, -0.15) is 0 Å². The number of hydrogen-bond acceptors (Lipinski definition) is 4. The number of aromatic nitrogens is 2. The number of pyridine rings is 1. The standard InChI is InChI=1S/C23H25N3O2/c1-27-17-7-8-21-20(13-17)19-9-11-26(15-18-6-2-3-12-28-18)23(22(19)25-21)16-5-4-10-24-14-16/h3-5,7-8,10,12-14,18,23,25H,2,6,9,11,15H2,1H3. The molecule has 2 aromatic heterocycles. The highest BCUT2D eigenvalue weighted by atomic mass is 16.5. The second-order valence-corrected chi connectivity index (χ2v) is 7.57.